The van der Waals surface area contributed by atoms with Crippen molar-refractivity contribution in [3.8, 4) is 6.01 Å². The third-order valence-corrected chi connectivity index (χ3v) is 5.07. The second kappa shape index (κ2) is 5.70. The third-order valence-electron chi connectivity index (χ3n) is 5.07. The van der Waals surface area contributed by atoms with E-state index < -0.39 is 0 Å². The van der Waals surface area contributed by atoms with Crippen LogP contribution >= 0.6 is 0 Å². The molecule has 0 spiro atoms. The van der Waals surface area contributed by atoms with Crippen LogP contribution in [0.15, 0.2) is 30.5 Å². The average molecular weight is 362 g/mol. The summed E-state index contributed by atoms with van der Waals surface area (Å²) in [4.78, 5) is 17.1. The van der Waals surface area contributed by atoms with Crippen molar-refractivity contribution in [1.82, 2.24) is 24.5 Å². The van der Waals surface area contributed by atoms with E-state index in [9.17, 15) is 0 Å². The summed E-state index contributed by atoms with van der Waals surface area (Å²) in [6, 6.07) is 9.21. The van der Waals surface area contributed by atoms with E-state index in [1.165, 1.54) is 10.9 Å². The highest BCUT2D eigenvalue weighted by Crippen LogP contribution is 2.36. The summed E-state index contributed by atoms with van der Waals surface area (Å²) < 4.78 is 7.83. The Hall–Kier alpha value is -3.09. The Morgan fingerprint density at radius 2 is 2.11 bits per heavy atom. The van der Waals surface area contributed by atoms with Gasteiger partial charge in [-0.3, -0.25) is 4.57 Å². The molecule has 27 heavy (non-hydrogen) atoms. The lowest BCUT2D eigenvalue weighted by Crippen LogP contribution is -2.26. The molecule has 0 unspecified atom stereocenters. The molecule has 0 fully saturated rings. The van der Waals surface area contributed by atoms with E-state index in [1.54, 1.807) is 0 Å². The van der Waals surface area contributed by atoms with Gasteiger partial charge in [-0.15, -0.1) is 0 Å². The predicted octanol–water partition coefficient (Wildman–Crippen LogP) is 3.40. The van der Waals surface area contributed by atoms with Crippen molar-refractivity contribution in [2.24, 2.45) is 0 Å². The summed E-state index contributed by atoms with van der Waals surface area (Å²) in [5, 5.41) is 4.68. The van der Waals surface area contributed by atoms with Gasteiger partial charge in [0.05, 0.1) is 5.54 Å². The van der Waals surface area contributed by atoms with E-state index in [0.29, 0.717) is 12.6 Å². The van der Waals surface area contributed by atoms with Crippen molar-refractivity contribution >= 4 is 27.9 Å². The maximum absolute atomic E-state index is 5.75. The zero-order valence-corrected chi connectivity index (χ0v) is 15.7. The Kier molecular flexibility index (Phi) is 3.40. The molecule has 3 aromatic heterocycles. The fourth-order valence-electron chi connectivity index (χ4n) is 3.70. The highest BCUT2D eigenvalue weighted by Gasteiger charge is 2.35. The van der Waals surface area contributed by atoms with Gasteiger partial charge in [0.15, 0.2) is 17.0 Å². The molecule has 1 aromatic carbocycles. The molecule has 0 saturated heterocycles. The maximum atomic E-state index is 5.75. The van der Waals surface area contributed by atoms with Crippen LogP contribution in [0.2, 0.25) is 0 Å². The molecule has 0 bridgehead atoms. The second-order valence-electron chi connectivity index (χ2n) is 7.70. The van der Waals surface area contributed by atoms with Crippen molar-refractivity contribution in [3.05, 3.63) is 41.9 Å². The van der Waals surface area contributed by atoms with Gasteiger partial charge in [0.25, 0.3) is 6.01 Å². The quantitative estimate of drug-likeness (QED) is 0.582. The molecule has 0 radical (unpaired) electrons. The summed E-state index contributed by atoms with van der Waals surface area (Å²) in [7, 11) is 0. The zero-order valence-electron chi connectivity index (χ0n) is 15.7. The van der Waals surface area contributed by atoms with Crippen LogP contribution in [0.25, 0.3) is 22.1 Å². The molecule has 4 aromatic rings. The molecule has 1 aliphatic heterocycles. The van der Waals surface area contributed by atoms with Gasteiger partial charge in [-0.05, 0) is 56.3 Å². The summed E-state index contributed by atoms with van der Waals surface area (Å²) in [5.41, 5.74) is 3.89. The van der Waals surface area contributed by atoms with E-state index >= 15 is 0 Å². The number of nitrogens with one attached hydrogen (secondary N) is 2. The fraction of sp³-hybridized carbons (Fsp3) is 0.350. The molecule has 2 N–H and O–H groups in total. The first-order valence-electron chi connectivity index (χ1n) is 9.21. The lowest BCUT2D eigenvalue weighted by Gasteiger charge is -2.18. The topological polar surface area (TPSA) is 80.7 Å². The number of hydrogen-bond donors (Lipinski definition) is 2. The Morgan fingerprint density at radius 1 is 1.22 bits per heavy atom. The molecule has 5 rings (SSSR count). The molecule has 7 heteroatoms. The second-order valence-corrected chi connectivity index (χ2v) is 7.70. The lowest BCUT2D eigenvalue weighted by molar-refractivity contribution is 0.268. The molecule has 4 heterocycles. The van der Waals surface area contributed by atoms with Gasteiger partial charge in [-0.2, -0.15) is 4.98 Å². The number of hydrogen-bond acceptors (Lipinski definition) is 5. The van der Waals surface area contributed by atoms with Crippen molar-refractivity contribution in [1.29, 1.82) is 0 Å². The number of H-pyrrole nitrogens is 1. The Labute approximate surface area is 156 Å². The number of aromatic nitrogens is 5. The molecule has 0 saturated carbocycles. The molecule has 138 valence electrons. The van der Waals surface area contributed by atoms with Gasteiger partial charge in [0.2, 0.25) is 0 Å². The van der Waals surface area contributed by atoms with Gasteiger partial charge in [0.1, 0.15) is 12.4 Å². The number of aryl methyl sites for hydroxylation is 1. The van der Waals surface area contributed by atoms with Crippen LogP contribution in [0.5, 0.6) is 6.01 Å². The van der Waals surface area contributed by atoms with E-state index in [0.717, 1.165) is 41.3 Å². The standard InChI is InChI=1S/C20H22N6O/c1-12-23-17(16-18(24-12)26-19(25-16)27-11-20(26,2)3)22-8-6-13-4-5-15-14(10-13)7-9-21-15/h4-5,7,9-10,21H,6,8,11H2,1-3H3,(H,22,23,24). The lowest BCUT2D eigenvalue weighted by atomic mass is 10.1. The first kappa shape index (κ1) is 16.1. The number of benzene rings is 1. The monoisotopic (exact) mass is 362 g/mol. The van der Waals surface area contributed by atoms with Crippen molar-refractivity contribution in [2.45, 2.75) is 32.7 Å². The van der Waals surface area contributed by atoms with Crippen LogP contribution in [0.1, 0.15) is 25.2 Å². The number of fused-ring (bicyclic) bond motifs is 4. The van der Waals surface area contributed by atoms with Gasteiger partial charge in [-0.1, -0.05) is 6.07 Å². The summed E-state index contributed by atoms with van der Waals surface area (Å²) >= 11 is 0. The smallest absolute Gasteiger partial charge is 0.299 e. The zero-order chi connectivity index (χ0) is 18.6. The summed E-state index contributed by atoms with van der Waals surface area (Å²) in [5.74, 6) is 1.49. The number of imidazole rings is 1. The molecule has 7 nitrogen and oxygen atoms in total. The van der Waals surface area contributed by atoms with E-state index in [-0.39, 0.29) is 5.54 Å². The summed E-state index contributed by atoms with van der Waals surface area (Å²) in [6.45, 7) is 7.55. The van der Waals surface area contributed by atoms with Crippen molar-refractivity contribution < 1.29 is 4.74 Å². The number of rotatable bonds is 4. The Morgan fingerprint density at radius 3 is 3.00 bits per heavy atom. The van der Waals surface area contributed by atoms with Crippen LogP contribution in [0.3, 0.4) is 0 Å². The van der Waals surface area contributed by atoms with Crippen LogP contribution in [-0.2, 0) is 12.0 Å². The van der Waals surface area contributed by atoms with Crippen molar-refractivity contribution in [3.63, 3.8) is 0 Å². The van der Waals surface area contributed by atoms with Crippen LogP contribution < -0.4 is 10.1 Å². The SMILES string of the molecule is Cc1nc(NCCc2ccc3[nH]ccc3c2)c2nc3n(c2n1)C(C)(C)CO3. The predicted molar refractivity (Wildman–Crippen MR) is 105 cm³/mol. The normalized spacial score (nSPS) is 15.2. The molecular weight excluding hydrogens is 340 g/mol. The minimum Gasteiger partial charge on any atom is -0.462 e. The largest absolute Gasteiger partial charge is 0.462 e. The highest BCUT2D eigenvalue weighted by atomic mass is 16.5. The Bertz CT molecular complexity index is 1160. The fourth-order valence-corrected chi connectivity index (χ4v) is 3.70. The summed E-state index contributed by atoms with van der Waals surface area (Å²) in [6.07, 6.45) is 2.87. The molecule has 0 aliphatic carbocycles. The minimum atomic E-state index is -0.159. The van der Waals surface area contributed by atoms with E-state index in [4.69, 9.17) is 4.74 Å². The minimum absolute atomic E-state index is 0.159. The molecule has 1 aliphatic rings. The van der Waals surface area contributed by atoms with Crippen molar-refractivity contribution in [2.75, 3.05) is 18.5 Å². The first-order chi connectivity index (χ1) is 13.0. The van der Waals surface area contributed by atoms with Gasteiger partial charge in [-0.25, -0.2) is 9.97 Å². The maximum Gasteiger partial charge on any atom is 0.299 e. The highest BCUT2D eigenvalue weighted by molar-refractivity contribution is 5.84. The van der Waals surface area contributed by atoms with Crippen LogP contribution in [0, 0.1) is 6.92 Å². The molecule has 0 amide bonds. The van der Waals surface area contributed by atoms with Gasteiger partial charge >= 0.3 is 0 Å². The number of aromatic amines is 1. The molecular formula is C20H22N6O. The average Bonchev–Trinajstić information content (AvgIpc) is 3.30. The number of anilines is 1. The number of nitrogens with zero attached hydrogens (tertiary/aromatic N) is 4. The molecule has 0 atom stereocenters. The third kappa shape index (κ3) is 2.61. The first-order valence-corrected chi connectivity index (χ1v) is 9.21. The van der Waals surface area contributed by atoms with E-state index in [1.807, 2.05) is 13.1 Å². The van der Waals surface area contributed by atoms with Gasteiger partial charge in [0, 0.05) is 18.3 Å². The van der Waals surface area contributed by atoms with Crippen LogP contribution in [0.4, 0.5) is 5.82 Å². The van der Waals surface area contributed by atoms with Crippen LogP contribution in [-0.4, -0.2) is 37.7 Å². The van der Waals surface area contributed by atoms with Gasteiger partial charge < -0.3 is 15.0 Å². The Balaban J connectivity index is 1.42. The number of ether oxygens (including phenoxy) is 1. The van der Waals surface area contributed by atoms with E-state index in [2.05, 4.69) is 67.9 Å².